The molecule has 1 saturated heterocycles. The molecule has 1 aliphatic heterocycles. The van der Waals surface area contributed by atoms with Crippen molar-refractivity contribution in [3.8, 4) is 0 Å². The van der Waals surface area contributed by atoms with Crippen LogP contribution in [0.1, 0.15) is 31.4 Å². The highest BCUT2D eigenvalue weighted by atomic mass is 127. The van der Waals surface area contributed by atoms with Crippen LogP contribution in [0.3, 0.4) is 0 Å². The van der Waals surface area contributed by atoms with Crippen molar-refractivity contribution in [3.63, 3.8) is 0 Å². The SMILES string of the molecule is CCOC(=O)C1CCN(C(=NC)NCC(c2ccc(F)cc2)N(C)C)CC1.I. The van der Waals surface area contributed by atoms with Crippen LogP contribution in [0.15, 0.2) is 29.3 Å². The number of halogens is 2. The van der Waals surface area contributed by atoms with Crippen molar-refractivity contribution in [1.82, 2.24) is 15.1 Å². The van der Waals surface area contributed by atoms with Crippen molar-refractivity contribution in [3.05, 3.63) is 35.6 Å². The first-order valence-electron chi connectivity index (χ1n) is 9.50. The number of hydrogen-bond acceptors (Lipinski definition) is 4. The quantitative estimate of drug-likeness (QED) is 0.279. The summed E-state index contributed by atoms with van der Waals surface area (Å²) in [6.07, 6.45) is 1.54. The average Bonchev–Trinajstić information content (AvgIpc) is 2.66. The van der Waals surface area contributed by atoms with E-state index in [9.17, 15) is 9.18 Å². The van der Waals surface area contributed by atoms with E-state index in [1.807, 2.05) is 33.2 Å². The second kappa shape index (κ2) is 12.2. The van der Waals surface area contributed by atoms with E-state index in [4.69, 9.17) is 4.74 Å². The lowest BCUT2D eigenvalue weighted by atomic mass is 9.97. The number of aliphatic imine (C=N–C) groups is 1. The van der Waals surface area contributed by atoms with Crippen molar-refractivity contribution in [2.24, 2.45) is 10.9 Å². The fourth-order valence-electron chi connectivity index (χ4n) is 3.39. The summed E-state index contributed by atoms with van der Waals surface area (Å²) >= 11 is 0. The largest absolute Gasteiger partial charge is 0.466 e. The number of benzene rings is 1. The van der Waals surface area contributed by atoms with Gasteiger partial charge in [0.2, 0.25) is 0 Å². The Hall–Kier alpha value is -1.42. The van der Waals surface area contributed by atoms with Crippen LogP contribution in [0.4, 0.5) is 4.39 Å². The molecular formula is C20H32FIN4O2. The van der Waals surface area contributed by atoms with E-state index in [0.29, 0.717) is 13.2 Å². The van der Waals surface area contributed by atoms with Crippen molar-refractivity contribution in [2.45, 2.75) is 25.8 Å². The topological polar surface area (TPSA) is 57.2 Å². The van der Waals surface area contributed by atoms with E-state index in [-0.39, 0.29) is 47.7 Å². The van der Waals surface area contributed by atoms with Gasteiger partial charge in [-0.1, -0.05) is 12.1 Å². The molecule has 1 atom stereocenters. The monoisotopic (exact) mass is 506 g/mol. The number of piperidine rings is 1. The molecule has 1 aliphatic rings. The predicted molar refractivity (Wildman–Crippen MR) is 121 cm³/mol. The van der Waals surface area contributed by atoms with Gasteiger partial charge in [-0.25, -0.2) is 4.39 Å². The van der Waals surface area contributed by atoms with E-state index in [2.05, 4.69) is 20.1 Å². The third-order valence-corrected chi connectivity index (χ3v) is 4.96. The maximum atomic E-state index is 13.2. The summed E-state index contributed by atoms with van der Waals surface area (Å²) in [5, 5.41) is 3.43. The second-order valence-corrected chi connectivity index (χ2v) is 6.97. The minimum Gasteiger partial charge on any atom is -0.466 e. The van der Waals surface area contributed by atoms with E-state index >= 15 is 0 Å². The van der Waals surface area contributed by atoms with Gasteiger partial charge in [-0.05, 0) is 51.6 Å². The van der Waals surface area contributed by atoms with Crippen LogP contribution in [0, 0.1) is 11.7 Å². The molecule has 0 saturated carbocycles. The van der Waals surface area contributed by atoms with Crippen LogP contribution in [-0.2, 0) is 9.53 Å². The van der Waals surface area contributed by atoms with Gasteiger partial charge >= 0.3 is 5.97 Å². The molecule has 0 amide bonds. The molecule has 1 fully saturated rings. The smallest absolute Gasteiger partial charge is 0.309 e. The Kier molecular flexibility index (Phi) is 10.7. The van der Waals surface area contributed by atoms with E-state index in [1.165, 1.54) is 12.1 Å². The molecule has 0 bridgehead atoms. The Labute approximate surface area is 184 Å². The zero-order valence-electron chi connectivity index (χ0n) is 17.2. The number of guanidine groups is 1. The zero-order chi connectivity index (χ0) is 19.8. The van der Waals surface area contributed by atoms with Gasteiger partial charge in [0, 0.05) is 26.7 Å². The van der Waals surface area contributed by atoms with Gasteiger partial charge in [-0.2, -0.15) is 0 Å². The number of nitrogens with zero attached hydrogens (tertiary/aromatic N) is 3. The molecule has 1 heterocycles. The first-order valence-corrected chi connectivity index (χ1v) is 9.50. The number of likely N-dealkylation sites (N-methyl/N-ethyl adjacent to an activating group) is 1. The average molecular weight is 506 g/mol. The number of esters is 1. The molecule has 1 N–H and O–H groups in total. The summed E-state index contributed by atoms with van der Waals surface area (Å²) in [5.41, 5.74) is 1.05. The number of hydrogen-bond donors (Lipinski definition) is 1. The van der Waals surface area contributed by atoms with Crippen LogP contribution in [0.25, 0.3) is 0 Å². The number of rotatable bonds is 6. The Balaban J connectivity index is 0.00000392. The highest BCUT2D eigenvalue weighted by Crippen LogP contribution is 2.20. The molecule has 1 aromatic rings. The zero-order valence-corrected chi connectivity index (χ0v) is 19.5. The van der Waals surface area contributed by atoms with Crippen LogP contribution in [0.5, 0.6) is 0 Å². The highest BCUT2D eigenvalue weighted by Gasteiger charge is 2.27. The van der Waals surface area contributed by atoms with Gasteiger partial charge in [-0.15, -0.1) is 24.0 Å². The molecule has 0 radical (unpaired) electrons. The molecule has 0 aliphatic carbocycles. The Morgan fingerprint density at radius 2 is 1.93 bits per heavy atom. The number of likely N-dealkylation sites (tertiary alicyclic amines) is 1. The Bertz CT molecular complexity index is 632. The summed E-state index contributed by atoms with van der Waals surface area (Å²) in [5.74, 6) is 0.480. The molecule has 0 aromatic heterocycles. The minimum atomic E-state index is -0.232. The van der Waals surface area contributed by atoms with Crippen LogP contribution in [0.2, 0.25) is 0 Å². The summed E-state index contributed by atoms with van der Waals surface area (Å²) in [7, 11) is 5.77. The maximum Gasteiger partial charge on any atom is 0.309 e. The number of carbonyl (C=O) groups is 1. The summed E-state index contributed by atoms with van der Waals surface area (Å²) in [4.78, 5) is 20.6. The number of ether oxygens (including phenoxy) is 1. The number of carbonyl (C=O) groups excluding carboxylic acids is 1. The third kappa shape index (κ3) is 6.88. The third-order valence-electron chi connectivity index (χ3n) is 4.96. The van der Waals surface area contributed by atoms with Crippen molar-refractivity contribution in [2.75, 3.05) is 47.4 Å². The normalized spacial score (nSPS) is 16.5. The van der Waals surface area contributed by atoms with Gasteiger partial charge in [-0.3, -0.25) is 9.79 Å². The molecule has 8 heteroatoms. The molecule has 28 heavy (non-hydrogen) atoms. The molecule has 1 unspecified atom stereocenters. The van der Waals surface area contributed by atoms with Crippen molar-refractivity contribution >= 4 is 35.9 Å². The van der Waals surface area contributed by atoms with Gasteiger partial charge in [0.1, 0.15) is 5.82 Å². The molecule has 2 rings (SSSR count). The van der Waals surface area contributed by atoms with E-state index in [0.717, 1.165) is 37.5 Å². The van der Waals surface area contributed by atoms with E-state index in [1.54, 1.807) is 7.05 Å². The second-order valence-electron chi connectivity index (χ2n) is 6.97. The summed E-state index contributed by atoms with van der Waals surface area (Å²) in [6, 6.07) is 6.70. The van der Waals surface area contributed by atoms with Crippen LogP contribution >= 0.6 is 24.0 Å². The molecule has 1 aromatic carbocycles. The predicted octanol–water partition coefficient (Wildman–Crippen LogP) is 2.90. The molecular weight excluding hydrogens is 474 g/mol. The van der Waals surface area contributed by atoms with Crippen molar-refractivity contribution < 1.29 is 13.9 Å². The van der Waals surface area contributed by atoms with Gasteiger partial charge in [0.05, 0.1) is 18.6 Å². The summed E-state index contributed by atoms with van der Waals surface area (Å²) in [6.45, 7) is 4.46. The Morgan fingerprint density at radius 1 is 1.32 bits per heavy atom. The Morgan fingerprint density at radius 3 is 2.43 bits per heavy atom. The maximum absolute atomic E-state index is 13.2. The molecule has 158 valence electrons. The lowest BCUT2D eigenvalue weighted by Gasteiger charge is -2.34. The lowest BCUT2D eigenvalue weighted by Crippen LogP contribution is -2.48. The first-order chi connectivity index (χ1) is 13.0. The lowest BCUT2D eigenvalue weighted by molar-refractivity contribution is -0.149. The van der Waals surface area contributed by atoms with E-state index < -0.39 is 0 Å². The van der Waals surface area contributed by atoms with Crippen LogP contribution in [-0.4, -0.2) is 69.1 Å². The fraction of sp³-hybridized carbons (Fsp3) is 0.600. The van der Waals surface area contributed by atoms with Crippen LogP contribution < -0.4 is 5.32 Å². The first kappa shape index (κ1) is 24.6. The fourth-order valence-corrected chi connectivity index (χ4v) is 3.39. The standard InChI is InChI=1S/C20H31FN4O2.HI/c1-5-27-19(26)16-10-12-25(13-11-16)20(22-2)23-14-18(24(3)4)15-6-8-17(21)9-7-15;/h6-9,16,18H,5,10-14H2,1-4H3,(H,22,23);1H. The van der Waals surface area contributed by atoms with Gasteiger partial charge in [0.25, 0.3) is 0 Å². The summed E-state index contributed by atoms with van der Waals surface area (Å²) < 4.78 is 18.3. The molecule has 6 nitrogen and oxygen atoms in total. The molecule has 0 spiro atoms. The van der Waals surface area contributed by atoms with Gasteiger partial charge < -0.3 is 19.9 Å². The number of nitrogens with one attached hydrogen (secondary N) is 1. The highest BCUT2D eigenvalue weighted by molar-refractivity contribution is 14.0. The van der Waals surface area contributed by atoms with Gasteiger partial charge in [0.15, 0.2) is 5.96 Å². The van der Waals surface area contributed by atoms with Crippen molar-refractivity contribution in [1.29, 1.82) is 0 Å². The minimum absolute atomic E-state index is 0.